The van der Waals surface area contributed by atoms with E-state index in [0.717, 1.165) is 0 Å². The Balaban J connectivity index is 1.60. The molecule has 1 unspecified atom stereocenters. The number of hydrogen-bond donors (Lipinski definition) is 1. The first-order valence-electron chi connectivity index (χ1n) is 13.1. The summed E-state index contributed by atoms with van der Waals surface area (Å²) < 4.78 is 42.7. The van der Waals surface area contributed by atoms with Crippen molar-refractivity contribution in [2.45, 2.75) is 32.9 Å². The number of halogens is 3. The quantitative estimate of drug-likeness (QED) is 0.220. The van der Waals surface area contributed by atoms with Gasteiger partial charge in [0, 0.05) is 5.56 Å². The average Bonchev–Trinajstić information content (AvgIpc) is 3.34. The minimum absolute atomic E-state index is 0.00468. The van der Waals surface area contributed by atoms with Gasteiger partial charge in [0.2, 0.25) is 5.43 Å². The molecule has 0 aliphatic carbocycles. The van der Waals surface area contributed by atoms with Gasteiger partial charge in [0.15, 0.2) is 5.65 Å². The highest BCUT2D eigenvalue weighted by Crippen LogP contribution is 2.38. The van der Waals surface area contributed by atoms with E-state index in [1.807, 2.05) is 13.8 Å². The van der Waals surface area contributed by atoms with Crippen molar-refractivity contribution in [2.24, 2.45) is 0 Å². The first kappa shape index (κ1) is 27.3. The highest BCUT2D eigenvalue weighted by molar-refractivity contribution is 6.32. The number of fused-ring (bicyclic) bond motifs is 2. The molecule has 1 atom stereocenters. The Morgan fingerprint density at radius 1 is 0.976 bits per heavy atom. The number of nitrogens with zero attached hydrogens (tertiary/aromatic N) is 4. The highest BCUT2D eigenvalue weighted by Gasteiger charge is 2.28. The molecule has 0 radical (unpaired) electrons. The number of rotatable bonds is 6. The molecule has 0 fully saturated rings. The number of nitrogens with two attached hydrogens (primary N) is 1. The molecule has 0 aliphatic rings. The van der Waals surface area contributed by atoms with Crippen molar-refractivity contribution in [3.63, 3.8) is 0 Å². The number of ether oxygens (including phenoxy) is 1. The Morgan fingerprint density at radius 2 is 1.76 bits per heavy atom. The van der Waals surface area contributed by atoms with Crippen LogP contribution in [0.2, 0.25) is 5.02 Å². The molecule has 0 bridgehead atoms. The van der Waals surface area contributed by atoms with Crippen molar-refractivity contribution in [2.75, 3.05) is 5.73 Å². The molecule has 3 aromatic heterocycles. The molecular formula is C31H24ClF2N5O3. The van der Waals surface area contributed by atoms with Gasteiger partial charge in [-0.15, -0.1) is 0 Å². The molecule has 11 heteroatoms. The fraction of sp³-hybridized carbons (Fsp3) is 0.161. The van der Waals surface area contributed by atoms with E-state index in [0.29, 0.717) is 33.1 Å². The van der Waals surface area contributed by atoms with E-state index in [1.54, 1.807) is 35.9 Å². The van der Waals surface area contributed by atoms with Crippen LogP contribution in [0, 0.1) is 11.6 Å². The predicted molar refractivity (Wildman–Crippen MR) is 158 cm³/mol. The first-order valence-corrected chi connectivity index (χ1v) is 13.5. The lowest BCUT2D eigenvalue weighted by Gasteiger charge is -2.17. The van der Waals surface area contributed by atoms with Crippen LogP contribution in [0.3, 0.4) is 0 Å². The number of aromatic nitrogens is 4. The second-order valence-electron chi connectivity index (χ2n) is 10.0. The fourth-order valence-corrected chi connectivity index (χ4v) is 5.23. The molecule has 6 rings (SSSR count). The minimum Gasteiger partial charge on any atom is -0.489 e. The third-order valence-electron chi connectivity index (χ3n) is 6.84. The van der Waals surface area contributed by atoms with Crippen LogP contribution in [0.1, 0.15) is 32.6 Å². The fourth-order valence-electron chi connectivity index (χ4n) is 5.00. The molecular weight excluding hydrogens is 564 g/mol. The number of nitrogen functional groups attached to an aromatic ring is 1. The molecule has 2 N–H and O–H groups in total. The number of anilines is 1. The van der Waals surface area contributed by atoms with Gasteiger partial charge in [0.1, 0.15) is 58.0 Å². The van der Waals surface area contributed by atoms with E-state index in [9.17, 15) is 13.6 Å². The van der Waals surface area contributed by atoms with Crippen LogP contribution in [-0.2, 0) is 0 Å². The zero-order chi connectivity index (χ0) is 29.7. The van der Waals surface area contributed by atoms with Gasteiger partial charge >= 0.3 is 0 Å². The van der Waals surface area contributed by atoms with Crippen molar-refractivity contribution in [3.05, 3.63) is 99.6 Å². The SMILES string of the molecule is CC(C)Oc1ccc(-c2nn(C(C)c3oc4cccc(F)c4c(=O)c3-c3cccc(F)c3)c3ncnc(N)c23)cc1Cl. The van der Waals surface area contributed by atoms with Gasteiger partial charge in [-0.2, -0.15) is 5.10 Å². The van der Waals surface area contributed by atoms with E-state index in [1.165, 1.54) is 42.7 Å². The van der Waals surface area contributed by atoms with Gasteiger partial charge < -0.3 is 14.9 Å². The van der Waals surface area contributed by atoms with E-state index < -0.39 is 23.1 Å². The van der Waals surface area contributed by atoms with Crippen LogP contribution in [-0.4, -0.2) is 25.9 Å². The molecule has 0 saturated carbocycles. The van der Waals surface area contributed by atoms with Crippen LogP contribution in [0.25, 0.3) is 44.4 Å². The van der Waals surface area contributed by atoms with Crippen molar-refractivity contribution in [3.8, 4) is 28.1 Å². The van der Waals surface area contributed by atoms with Gasteiger partial charge in [-0.25, -0.2) is 23.4 Å². The highest BCUT2D eigenvalue weighted by atomic mass is 35.5. The summed E-state index contributed by atoms with van der Waals surface area (Å²) in [6.07, 6.45) is 1.23. The van der Waals surface area contributed by atoms with Gasteiger partial charge in [-0.05, 0) is 68.8 Å². The van der Waals surface area contributed by atoms with E-state index in [4.69, 9.17) is 31.6 Å². The van der Waals surface area contributed by atoms with Crippen LogP contribution >= 0.6 is 11.6 Å². The standard InChI is InChI=1S/C31H24ClF2N5O3/c1-15(2)41-22-11-10-18(13-20(22)32)27-26-30(35)36-14-37-31(26)39(38-27)16(3)29-24(17-6-4-7-19(33)12-17)28(40)25-21(34)8-5-9-23(25)42-29/h4-16H,1-3H3,(H2,35,36,37). The van der Waals surface area contributed by atoms with E-state index in [2.05, 4.69) is 9.97 Å². The molecule has 0 spiro atoms. The third-order valence-corrected chi connectivity index (χ3v) is 7.14. The largest absolute Gasteiger partial charge is 0.489 e. The zero-order valence-corrected chi connectivity index (χ0v) is 23.5. The minimum atomic E-state index is -0.784. The summed E-state index contributed by atoms with van der Waals surface area (Å²) in [7, 11) is 0. The Bertz CT molecular complexity index is 2060. The maximum absolute atomic E-state index is 14.9. The van der Waals surface area contributed by atoms with Crippen molar-refractivity contribution < 1.29 is 17.9 Å². The molecule has 6 aromatic rings. The molecule has 212 valence electrons. The Labute approximate surface area is 243 Å². The molecule has 0 aliphatic heterocycles. The lowest BCUT2D eigenvalue weighted by Crippen LogP contribution is -2.17. The lowest BCUT2D eigenvalue weighted by molar-refractivity contribution is 0.242. The smallest absolute Gasteiger partial charge is 0.203 e. The van der Waals surface area contributed by atoms with Crippen molar-refractivity contribution in [1.82, 2.24) is 19.7 Å². The second kappa shape index (κ2) is 10.5. The molecule has 0 amide bonds. The molecule has 0 saturated heterocycles. The van der Waals surface area contributed by atoms with Gasteiger partial charge in [-0.1, -0.05) is 29.8 Å². The monoisotopic (exact) mass is 587 g/mol. The maximum Gasteiger partial charge on any atom is 0.203 e. The molecule has 8 nitrogen and oxygen atoms in total. The van der Waals surface area contributed by atoms with Crippen LogP contribution < -0.4 is 15.9 Å². The summed E-state index contributed by atoms with van der Waals surface area (Å²) in [6, 6.07) is 14.1. The first-order chi connectivity index (χ1) is 20.1. The summed E-state index contributed by atoms with van der Waals surface area (Å²) >= 11 is 6.53. The van der Waals surface area contributed by atoms with Crippen LogP contribution in [0.15, 0.2) is 76.2 Å². The topological polar surface area (TPSA) is 109 Å². The second-order valence-corrected chi connectivity index (χ2v) is 10.4. The van der Waals surface area contributed by atoms with Crippen molar-refractivity contribution >= 4 is 39.4 Å². The van der Waals surface area contributed by atoms with Gasteiger partial charge in [0.25, 0.3) is 0 Å². The predicted octanol–water partition coefficient (Wildman–Crippen LogP) is 7.18. The van der Waals surface area contributed by atoms with Crippen LogP contribution in [0.4, 0.5) is 14.6 Å². The summed E-state index contributed by atoms with van der Waals surface area (Å²) in [4.78, 5) is 22.4. The molecule has 42 heavy (non-hydrogen) atoms. The molecule has 3 heterocycles. The lowest BCUT2D eigenvalue weighted by atomic mass is 9.99. The van der Waals surface area contributed by atoms with E-state index in [-0.39, 0.29) is 39.8 Å². The Kier molecular flexibility index (Phi) is 6.86. The van der Waals surface area contributed by atoms with Gasteiger partial charge in [0.05, 0.1) is 22.1 Å². The number of hydrogen-bond acceptors (Lipinski definition) is 7. The zero-order valence-electron chi connectivity index (χ0n) is 22.7. The normalized spacial score (nSPS) is 12.4. The van der Waals surface area contributed by atoms with Crippen molar-refractivity contribution in [1.29, 1.82) is 0 Å². The number of benzene rings is 3. The summed E-state index contributed by atoms with van der Waals surface area (Å²) in [5.74, 6) is -0.475. The summed E-state index contributed by atoms with van der Waals surface area (Å²) in [5.41, 5.74) is 7.38. The van der Waals surface area contributed by atoms with E-state index >= 15 is 0 Å². The van der Waals surface area contributed by atoms with Crippen LogP contribution in [0.5, 0.6) is 5.75 Å². The molecule has 3 aromatic carbocycles. The Morgan fingerprint density at radius 3 is 2.50 bits per heavy atom. The Hall–Kier alpha value is -4.83. The maximum atomic E-state index is 14.9. The third kappa shape index (κ3) is 4.63. The average molecular weight is 588 g/mol. The summed E-state index contributed by atoms with van der Waals surface area (Å²) in [6.45, 7) is 5.54. The summed E-state index contributed by atoms with van der Waals surface area (Å²) in [5, 5.41) is 5.44. The van der Waals surface area contributed by atoms with Gasteiger partial charge in [-0.3, -0.25) is 4.79 Å².